The Labute approximate surface area is 95.9 Å². The third kappa shape index (κ3) is 3.43. The van der Waals surface area contributed by atoms with Crippen LogP contribution < -0.4 is 5.32 Å². The highest BCUT2D eigenvalue weighted by molar-refractivity contribution is 4.92. The van der Waals surface area contributed by atoms with E-state index in [2.05, 4.69) is 35.9 Å². The van der Waals surface area contributed by atoms with Gasteiger partial charge in [0.05, 0.1) is 6.54 Å². The molecule has 0 fully saturated rings. The summed E-state index contributed by atoms with van der Waals surface area (Å²) in [5.74, 6) is 1.49. The second kappa shape index (κ2) is 6.40. The molecule has 1 aromatic rings. The van der Waals surface area contributed by atoms with E-state index in [4.69, 9.17) is 9.26 Å². The van der Waals surface area contributed by atoms with Gasteiger partial charge in [0.2, 0.25) is 11.7 Å². The highest BCUT2D eigenvalue weighted by atomic mass is 16.5. The summed E-state index contributed by atoms with van der Waals surface area (Å²) in [7, 11) is 1.65. The Balaban J connectivity index is 2.58. The molecule has 1 aromatic heterocycles. The zero-order valence-corrected chi connectivity index (χ0v) is 10.1. The number of aromatic nitrogens is 2. The molecule has 0 aliphatic rings. The lowest BCUT2D eigenvalue weighted by Gasteiger charge is -2.14. The van der Waals surface area contributed by atoms with E-state index in [1.807, 2.05) is 0 Å². The zero-order chi connectivity index (χ0) is 12.0. The summed E-state index contributed by atoms with van der Waals surface area (Å²) in [6, 6.07) is 0. The van der Waals surface area contributed by atoms with Gasteiger partial charge in [0.15, 0.2) is 0 Å². The topological polar surface area (TPSA) is 60.2 Å². The summed E-state index contributed by atoms with van der Waals surface area (Å²) in [6.45, 7) is 8.99. The molecule has 5 heteroatoms. The van der Waals surface area contributed by atoms with Gasteiger partial charge >= 0.3 is 0 Å². The summed E-state index contributed by atoms with van der Waals surface area (Å²) in [5, 5.41) is 7.01. The van der Waals surface area contributed by atoms with Gasteiger partial charge in [-0.3, -0.25) is 0 Å². The van der Waals surface area contributed by atoms with Crippen molar-refractivity contribution >= 4 is 0 Å². The molecule has 1 rings (SSSR count). The molecule has 0 bridgehead atoms. The SMILES string of the molecule is C=CCNCc1nc(C(OC)C(C)C)no1. The second-order valence-corrected chi connectivity index (χ2v) is 3.87. The van der Waals surface area contributed by atoms with Gasteiger partial charge in [-0.1, -0.05) is 25.1 Å². The number of hydrogen-bond acceptors (Lipinski definition) is 5. The Morgan fingerprint density at radius 3 is 2.88 bits per heavy atom. The smallest absolute Gasteiger partial charge is 0.240 e. The average molecular weight is 225 g/mol. The number of ether oxygens (including phenoxy) is 1. The van der Waals surface area contributed by atoms with E-state index < -0.39 is 0 Å². The number of nitrogens with one attached hydrogen (secondary N) is 1. The van der Waals surface area contributed by atoms with Crippen molar-refractivity contribution in [1.82, 2.24) is 15.5 Å². The van der Waals surface area contributed by atoms with Crippen molar-refractivity contribution in [2.45, 2.75) is 26.5 Å². The van der Waals surface area contributed by atoms with Crippen LogP contribution in [0.1, 0.15) is 31.7 Å². The first-order chi connectivity index (χ1) is 7.69. The second-order valence-electron chi connectivity index (χ2n) is 3.87. The Morgan fingerprint density at radius 2 is 2.31 bits per heavy atom. The molecule has 0 radical (unpaired) electrons. The largest absolute Gasteiger partial charge is 0.373 e. The van der Waals surface area contributed by atoms with Crippen molar-refractivity contribution in [1.29, 1.82) is 0 Å². The van der Waals surface area contributed by atoms with Gasteiger partial charge in [-0.15, -0.1) is 6.58 Å². The molecular weight excluding hydrogens is 206 g/mol. The average Bonchev–Trinajstić information content (AvgIpc) is 2.67. The highest BCUT2D eigenvalue weighted by Gasteiger charge is 2.20. The molecule has 0 aliphatic heterocycles. The fraction of sp³-hybridized carbons (Fsp3) is 0.636. The van der Waals surface area contributed by atoms with E-state index in [0.717, 1.165) is 6.54 Å². The van der Waals surface area contributed by atoms with Crippen LogP contribution in [0.15, 0.2) is 17.2 Å². The Morgan fingerprint density at radius 1 is 1.56 bits per heavy atom. The van der Waals surface area contributed by atoms with E-state index in [0.29, 0.717) is 24.2 Å². The minimum atomic E-state index is -0.114. The predicted octanol–water partition coefficient (Wildman–Crippen LogP) is 1.69. The number of methoxy groups -OCH3 is 1. The van der Waals surface area contributed by atoms with Crippen LogP contribution in [-0.2, 0) is 11.3 Å². The minimum Gasteiger partial charge on any atom is -0.373 e. The summed E-state index contributed by atoms with van der Waals surface area (Å²) in [6.07, 6.45) is 1.67. The molecule has 0 saturated heterocycles. The first kappa shape index (κ1) is 12.9. The van der Waals surface area contributed by atoms with Crippen LogP contribution in [0.25, 0.3) is 0 Å². The first-order valence-electron chi connectivity index (χ1n) is 5.36. The summed E-state index contributed by atoms with van der Waals surface area (Å²) in [4.78, 5) is 4.27. The maximum atomic E-state index is 5.32. The van der Waals surface area contributed by atoms with Crippen LogP contribution in [0.4, 0.5) is 0 Å². The third-order valence-electron chi connectivity index (χ3n) is 2.16. The van der Waals surface area contributed by atoms with Crippen molar-refractivity contribution in [3.63, 3.8) is 0 Å². The summed E-state index contributed by atoms with van der Waals surface area (Å²) >= 11 is 0. The molecule has 0 aromatic carbocycles. The molecule has 5 nitrogen and oxygen atoms in total. The molecule has 1 atom stereocenters. The molecule has 0 aliphatic carbocycles. The van der Waals surface area contributed by atoms with Crippen LogP contribution >= 0.6 is 0 Å². The Bertz CT molecular complexity index is 323. The molecule has 90 valence electrons. The van der Waals surface area contributed by atoms with Crippen LogP contribution in [0, 0.1) is 5.92 Å². The van der Waals surface area contributed by atoms with Gasteiger partial charge in [0.25, 0.3) is 0 Å². The van der Waals surface area contributed by atoms with Gasteiger partial charge in [-0.2, -0.15) is 4.98 Å². The van der Waals surface area contributed by atoms with Gasteiger partial charge in [0, 0.05) is 13.7 Å². The van der Waals surface area contributed by atoms with Crippen molar-refractivity contribution in [3.05, 3.63) is 24.4 Å². The standard InChI is InChI=1S/C11H19N3O2/c1-5-6-12-7-9-13-11(14-16-9)10(15-4)8(2)3/h5,8,10,12H,1,6-7H2,2-4H3. The molecule has 1 N–H and O–H groups in total. The van der Waals surface area contributed by atoms with Gasteiger partial charge < -0.3 is 14.6 Å². The highest BCUT2D eigenvalue weighted by Crippen LogP contribution is 2.21. The van der Waals surface area contributed by atoms with E-state index in [-0.39, 0.29) is 6.10 Å². The Hall–Kier alpha value is -1.20. The normalized spacial score (nSPS) is 13.0. The van der Waals surface area contributed by atoms with Gasteiger partial charge in [-0.05, 0) is 5.92 Å². The number of rotatable bonds is 7. The van der Waals surface area contributed by atoms with Crippen molar-refractivity contribution < 1.29 is 9.26 Å². The molecule has 0 spiro atoms. The van der Waals surface area contributed by atoms with Crippen molar-refractivity contribution in [2.75, 3.05) is 13.7 Å². The number of nitrogens with zero attached hydrogens (tertiary/aromatic N) is 2. The molecule has 16 heavy (non-hydrogen) atoms. The van der Waals surface area contributed by atoms with E-state index >= 15 is 0 Å². The van der Waals surface area contributed by atoms with Crippen molar-refractivity contribution in [2.24, 2.45) is 5.92 Å². The van der Waals surface area contributed by atoms with Crippen LogP contribution in [0.5, 0.6) is 0 Å². The Kier molecular flexibility index (Phi) is 5.14. The van der Waals surface area contributed by atoms with Crippen LogP contribution in [-0.4, -0.2) is 23.8 Å². The van der Waals surface area contributed by atoms with E-state index in [1.165, 1.54) is 0 Å². The van der Waals surface area contributed by atoms with Gasteiger partial charge in [0.1, 0.15) is 6.10 Å². The van der Waals surface area contributed by atoms with Crippen LogP contribution in [0.3, 0.4) is 0 Å². The quantitative estimate of drug-likeness (QED) is 0.565. The lowest BCUT2D eigenvalue weighted by molar-refractivity contribution is 0.0555. The van der Waals surface area contributed by atoms with Crippen LogP contribution in [0.2, 0.25) is 0 Å². The lowest BCUT2D eigenvalue weighted by Crippen LogP contribution is -2.14. The maximum absolute atomic E-state index is 5.32. The minimum absolute atomic E-state index is 0.114. The zero-order valence-electron chi connectivity index (χ0n) is 10.1. The predicted molar refractivity (Wildman–Crippen MR) is 60.8 cm³/mol. The molecule has 0 amide bonds. The lowest BCUT2D eigenvalue weighted by atomic mass is 10.1. The number of hydrogen-bond donors (Lipinski definition) is 1. The fourth-order valence-corrected chi connectivity index (χ4v) is 1.41. The first-order valence-corrected chi connectivity index (χ1v) is 5.36. The van der Waals surface area contributed by atoms with E-state index in [1.54, 1.807) is 13.2 Å². The third-order valence-corrected chi connectivity index (χ3v) is 2.16. The molecular formula is C11H19N3O2. The molecule has 1 heterocycles. The molecule has 0 saturated carbocycles. The fourth-order valence-electron chi connectivity index (χ4n) is 1.41. The summed E-state index contributed by atoms with van der Waals surface area (Å²) < 4.78 is 10.4. The van der Waals surface area contributed by atoms with Gasteiger partial charge in [-0.25, -0.2) is 0 Å². The van der Waals surface area contributed by atoms with Crippen molar-refractivity contribution in [3.8, 4) is 0 Å². The monoisotopic (exact) mass is 225 g/mol. The molecule has 1 unspecified atom stereocenters. The summed E-state index contributed by atoms with van der Waals surface area (Å²) in [5.41, 5.74) is 0. The maximum Gasteiger partial charge on any atom is 0.240 e. The van der Waals surface area contributed by atoms with E-state index in [9.17, 15) is 0 Å².